The lowest BCUT2D eigenvalue weighted by molar-refractivity contribution is -0.141. The molecule has 0 aliphatic rings. The van der Waals surface area contributed by atoms with Gasteiger partial charge in [0.2, 0.25) is 11.7 Å². The van der Waals surface area contributed by atoms with E-state index in [9.17, 15) is 22.8 Å². The second-order valence-electron chi connectivity index (χ2n) is 7.06. The highest BCUT2D eigenvalue weighted by molar-refractivity contribution is 6.07. The molecule has 7 nitrogen and oxygen atoms in total. The molecule has 0 saturated carbocycles. The number of halogens is 3. The summed E-state index contributed by atoms with van der Waals surface area (Å²) in [7, 11) is 1.34. The Morgan fingerprint density at radius 2 is 1.88 bits per heavy atom. The standard InChI is InChI=1S/C22H16F3N5O2/c1-30-11-17(22(23,24)25)29-21(30)19(32)13-4-2-12(3-5-13)15-8-16-14(6-7-18(26)31)9-27-20(16)28-10-15/h2-11H,1H3,(H2,26,31)(H,27,28)/b7-6+. The SMILES string of the molecule is Cn1cc(C(F)(F)F)nc1C(=O)c1ccc(-c2cnc3[nH]cc(/C=C/C(N)=O)c3c2)cc1. The van der Waals surface area contributed by atoms with Crippen LogP contribution in [0, 0.1) is 0 Å². The third-order valence-electron chi connectivity index (χ3n) is 4.84. The highest BCUT2D eigenvalue weighted by Gasteiger charge is 2.35. The van der Waals surface area contributed by atoms with Gasteiger partial charge in [0.05, 0.1) is 0 Å². The lowest BCUT2D eigenvalue weighted by Gasteiger charge is -2.05. The number of aryl methyl sites for hydroxylation is 1. The van der Waals surface area contributed by atoms with E-state index in [4.69, 9.17) is 5.73 Å². The number of imidazole rings is 1. The van der Waals surface area contributed by atoms with E-state index in [0.29, 0.717) is 5.65 Å². The molecule has 0 aliphatic heterocycles. The zero-order chi connectivity index (χ0) is 23.0. The first-order chi connectivity index (χ1) is 15.1. The Labute approximate surface area is 179 Å². The molecular formula is C22H16F3N5O2. The zero-order valence-corrected chi connectivity index (χ0v) is 16.6. The summed E-state index contributed by atoms with van der Waals surface area (Å²) in [6, 6.07) is 8.26. The van der Waals surface area contributed by atoms with Crippen LogP contribution in [0.1, 0.15) is 27.4 Å². The van der Waals surface area contributed by atoms with E-state index < -0.39 is 23.6 Å². The Bertz CT molecular complexity index is 1360. The monoisotopic (exact) mass is 439 g/mol. The third-order valence-corrected chi connectivity index (χ3v) is 4.84. The lowest BCUT2D eigenvalue weighted by Crippen LogP contribution is -2.09. The molecule has 0 spiro atoms. The minimum absolute atomic E-state index is 0.205. The number of nitrogens with two attached hydrogens (primary N) is 1. The van der Waals surface area contributed by atoms with E-state index in [0.717, 1.165) is 32.8 Å². The van der Waals surface area contributed by atoms with Crippen LogP contribution in [-0.2, 0) is 18.0 Å². The van der Waals surface area contributed by atoms with Crippen molar-refractivity contribution >= 4 is 28.8 Å². The molecule has 0 fully saturated rings. The Kier molecular flexibility index (Phi) is 5.13. The van der Waals surface area contributed by atoms with E-state index >= 15 is 0 Å². The first kappa shape index (κ1) is 21.0. The number of alkyl halides is 3. The minimum Gasteiger partial charge on any atom is -0.366 e. The molecule has 162 valence electrons. The van der Waals surface area contributed by atoms with Gasteiger partial charge in [-0.15, -0.1) is 0 Å². The third kappa shape index (κ3) is 4.02. The summed E-state index contributed by atoms with van der Waals surface area (Å²) < 4.78 is 39.7. The average molecular weight is 439 g/mol. The number of aromatic amines is 1. The van der Waals surface area contributed by atoms with Crippen molar-refractivity contribution in [1.82, 2.24) is 19.5 Å². The van der Waals surface area contributed by atoms with Gasteiger partial charge in [-0.3, -0.25) is 9.59 Å². The molecule has 1 amide bonds. The number of amides is 1. The molecular weight excluding hydrogens is 423 g/mol. The van der Waals surface area contributed by atoms with Crippen LogP contribution in [0.5, 0.6) is 0 Å². The number of aromatic nitrogens is 4. The second-order valence-corrected chi connectivity index (χ2v) is 7.06. The largest absolute Gasteiger partial charge is 0.434 e. The number of carbonyl (C=O) groups excluding carboxylic acids is 2. The zero-order valence-electron chi connectivity index (χ0n) is 16.6. The number of hydrogen-bond acceptors (Lipinski definition) is 4. The van der Waals surface area contributed by atoms with Crippen LogP contribution in [0.25, 0.3) is 28.2 Å². The number of rotatable bonds is 5. The maximum absolute atomic E-state index is 12.9. The van der Waals surface area contributed by atoms with Gasteiger partial charge >= 0.3 is 6.18 Å². The molecule has 3 aromatic heterocycles. The van der Waals surface area contributed by atoms with E-state index in [2.05, 4.69) is 15.0 Å². The fourth-order valence-electron chi connectivity index (χ4n) is 3.25. The van der Waals surface area contributed by atoms with Gasteiger partial charge in [-0.1, -0.05) is 24.3 Å². The lowest BCUT2D eigenvalue weighted by atomic mass is 10.0. The van der Waals surface area contributed by atoms with Gasteiger partial charge in [0.15, 0.2) is 11.5 Å². The number of carbonyl (C=O) groups is 2. The molecule has 4 aromatic rings. The van der Waals surface area contributed by atoms with Crippen LogP contribution >= 0.6 is 0 Å². The van der Waals surface area contributed by atoms with Crippen LogP contribution in [0.3, 0.4) is 0 Å². The molecule has 3 N–H and O–H groups in total. The van der Waals surface area contributed by atoms with Crippen LogP contribution in [0.4, 0.5) is 13.2 Å². The first-order valence-electron chi connectivity index (χ1n) is 9.34. The normalized spacial score (nSPS) is 12.0. The summed E-state index contributed by atoms with van der Waals surface area (Å²) in [5, 5.41) is 0.771. The highest BCUT2D eigenvalue weighted by atomic mass is 19.4. The molecule has 1 aromatic carbocycles. The van der Waals surface area contributed by atoms with Gasteiger partial charge in [-0.05, 0) is 17.7 Å². The highest BCUT2D eigenvalue weighted by Crippen LogP contribution is 2.29. The van der Waals surface area contributed by atoms with Crippen molar-refractivity contribution in [3.05, 3.63) is 77.6 Å². The van der Waals surface area contributed by atoms with Gasteiger partial charge in [-0.25, -0.2) is 9.97 Å². The minimum atomic E-state index is -4.63. The summed E-state index contributed by atoms with van der Waals surface area (Å²) >= 11 is 0. The predicted molar refractivity (Wildman–Crippen MR) is 111 cm³/mol. The summed E-state index contributed by atoms with van der Waals surface area (Å²) in [5.41, 5.74) is 7.09. The summed E-state index contributed by atoms with van der Waals surface area (Å²) in [4.78, 5) is 34.5. The number of ketones is 1. The van der Waals surface area contributed by atoms with Crippen molar-refractivity contribution in [3.63, 3.8) is 0 Å². The van der Waals surface area contributed by atoms with Crippen LogP contribution in [0.2, 0.25) is 0 Å². The van der Waals surface area contributed by atoms with Crippen molar-refractivity contribution in [2.45, 2.75) is 6.18 Å². The number of benzene rings is 1. The van der Waals surface area contributed by atoms with Crippen molar-refractivity contribution in [2.75, 3.05) is 0 Å². The van der Waals surface area contributed by atoms with E-state index in [1.807, 2.05) is 6.07 Å². The summed E-state index contributed by atoms with van der Waals surface area (Å²) in [6.45, 7) is 0. The topological polar surface area (TPSA) is 107 Å². The Balaban J connectivity index is 1.63. The van der Waals surface area contributed by atoms with Crippen LogP contribution < -0.4 is 5.73 Å². The van der Waals surface area contributed by atoms with E-state index in [1.165, 1.54) is 25.3 Å². The first-order valence-corrected chi connectivity index (χ1v) is 9.34. The predicted octanol–water partition coefficient (Wildman–Crippen LogP) is 3.71. The molecule has 0 atom stereocenters. The maximum Gasteiger partial charge on any atom is 0.434 e. The van der Waals surface area contributed by atoms with Crippen molar-refractivity contribution in [1.29, 1.82) is 0 Å². The van der Waals surface area contributed by atoms with Gasteiger partial charge in [0, 0.05) is 53.8 Å². The molecule has 3 heterocycles. The smallest absolute Gasteiger partial charge is 0.366 e. The summed E-state index contributed by atoms with van der Waals surface area (Å²) in [6.07, 6.45) is 2.32. The number of H-pyrrole nitrogens is 1. The molecule has 0 bridgehead atoms. The molecule has 32 heavy (non-hydrogen) atoms. The molecule has 4 rings (SSSR count). The van der Waals surface area contributed by atoms with E-state index in [-0.39, 0.29) is 11.4 Å². The average Bonchev–Trinajstić information content (AvgIpc) is 3.34. The van der Waals surface area contributed by atoms with Gasteiger partial charge in [-0.2, -0.15) is 13.2 Å². The second kappa shape index (κ2) is 7.80. The molecule has 0 radical (unpaired) electrons. The quantitative estimate of drug-likeness (QED) is 0.365. The number of nitrogens with zero attached hydrogens (tertiary/aromatic N) is 3. The number of hydrogen-bond donors (Lipinski definition) is 2. The van der Waals surface area contributed by atoms with Crippen LogP contribution in [0.15, 0.2) is 55.0 Å². The van der Waals surface area contributed by atoms with Crippen molar-refractivity contribution in [2.24, 2.45) is 12.8 Å². The molecule has 10 heteroatoms. The Morgan fingerprint density at radius 1 is 1.16 bits per heavy atom. The van der Waals surface area contributed by atoms with Crippen LogP contribution in [-0.4, -0.2) is 31.2 Å². The van der Waals surface area contributed by atoms with Crippen molar-refractivity contribution in [3.8, 4) is 11.1 Å². The number of primary amides is 1. The Morgan fingerprint density at radius 3 is 2.50 bits per heavy atom. The number of nitrogens with one attached hydrogen (secondary N) is 1. The van der Waals surface area contributed by atoms with E-state index in [1.54, 1.807) is 30.6 Å². The number of pyridine rings is 1. The fraction of sp³-hybridized carbons (Fsp3) is 0.0909. The van der Waals surface area contributed by atoms with Gasteiger partial charge < -0.3 is 15.3 Å². The van der Waals surface area contributed by atoms with Gasteiger partial charge in [0.25, 0.3) is 0 Å². The Hall–Kier alpha value is -4.21. The molecule has 0 aliphatic carbocycles. The molecule has 0 unspecified atom stereocenters. The number of fused-ring (bicyclic) bond motifs is 1. The van der Waals surface area contributed by atoms with Crippen molar-refractivity contribution < 1.29 is 22.8 Å². The summed E-state index contributed by atoms with van der Waals surface area (Å²) in [5.74, 6) is -1.49. The maximum atomic E-state index is 12.9. The molecule has 0 saturated heterocycles. The van der Waals surface area contributed by atoms with Gasteiger partial charge in [0.1, 0.15) is 5.65 Å². The fourth-order valence-corrected chi connectivity index (χ4v) is 3.25.